The molecule has 70 valence electrons. The van der Waals surface area contributed by atoms with Gasteiger partial charge in [-0.3, -0.25) is 0 Å². The van der Waals surface area contributed by atoms with Crippen LogP contribution in [0.4, 0.5) is 0 Å². The molecule has 2 unspecified atom stereocenters. The lowest BCUT2D eigenvalue weighted by Crippen LogP contribution is -2.26. The molecular weight excluding hydrogens is 160 g/mol. The first-order chi connectivity index (χ1) is 6.33. The molecule has 13 heavy (non-hydrogen) atoms. The number of benzene rings is 1. The van der Waals surface area contributed by atoms with Crippen LogP contribution in [-0.2, 0) is 0 Å². The van der Waals surface area contributed by atoms with Crippen molar-refractivity contribution in [2.24, 2.45) is 5.73 Å². The average Bonchev–Trinajstić information content (AvgIpc) is 2.19. The highest BCUT2D eigenvalue weighted by Gasteiger charge is 2.22. The minimum atomic E-state index is 0.237. The Morgan fingerprint density at radius 2 is 1.92 bits per heavy atom. The summed E-state index contributed by atoms with van der Waals surface area (Å²) in [5.74, 6) is 0. The lowest BCUT2D eigenvalue weighted by molar-refractivity contribution is 0.451. The first-order valence-corrected chi connectivity index (χ1v) is 4.84. The first kappa shape index (κ1) is 8.73. The fourth-order valence-corrected chi connectivity index (χ4v) is 2.12. The summed E-state index contributed by atoms with van der Waals surface area (Å²) >= 11 is 0. The highest BCUT2D eigenvalue weighted by Crippen LogP contribution is 2.33. The van der Waals surface area contributed by atoms with Crippen LogP contribution in [0.1, 0.15) is 36.1 Å². The Hall–Kier alpha value is -0.860. The predicted molar refractivity (Wildman–Crippen MR) is 54.4 cm³/mol. The van der Waals surface area contributed by atoms with E-state index >= 15 is 0 Å². The number of hydrogen-bond donors (Lipinski definition) is 2. The van der Waals surface area contributed by atoms with Crippen molar-refractivity contribution < 1.29 is 0 Å². The Balaban J connectivity index is 2.42. The minimum absolute atomic E-state index is 0.237. The monoisotopic (exact) mass is 176 g/mol. The molecule has 0 amide bonds. The molecule has 0 heterocycles. The van der Waals surface area contributed by atoms with Crippen LogP contribution in [0.5, 0.6) is 0 Å². The van der Waals surface area contributed by atoms with Crippen molar-refractivity contribution in [2.45, 2.75) is 24.9 Å². The molecule has 0 radical (unpaired) electrons. The molecule has 1 aliphatic carbocycles. The van der Waals surface area contributed by atoms with Crippen molar-refractivity contribution in [1.82, 2.24) is 5.32 Å². The predicted octanol–water partition coefficient (Wildman–Crippen LogP) is 1.74. The normalized spacial score (nSPS) is 26.9. The summed E-state index contributed by atoms with van der Waals surface area (Å²) in [7, 11) is 2.01. The van der Waals surface area contributed by atoms with Crippen molar-refractivity contribution in [1.29, 1.82) is 0 Å². The molecule has 2 rings (SSSR count). The minimum Gasteiger partial charge on any atom is -0.324 e. The summed E-state index contributed by atoms with van der Waals surface area (Å²) in [5, 5.41) is 3.33. The maximum atomic E-state index is 6.04. The Morgan fingerprint density at radius 3 is 2.62 bits per heavy atom. The number of nitrogens with one attached hydrogen (secondary N) is 1. The standard InChI is InChI=1S/C11H16N2/c1-13-11-7-6-10(12)8-4-2-3-5-9(8)11/h2-5,10-11,13H,6-7,12H2,1H3. The maximum Gasteiger partial charge on any atom is 0.0321 e. The van der Waals surface area contributed by atoms with Gasteiger partial charge in [-0.2, -0.15) is 0 Å². The van der Waals surface area contributed by atoms with E-state index in [0.717, 1.165) is 12.8 Å². The zero-order chi connectivity index (χ0) is 9.26. The number of fused-ring (bicyclic) bond motifs is 1. The Morgan fingerprint density at radius 1 is 1.23 bits per heavy atom. The van der Waals surface area contributed by atoms with Gasteiger partial charge in [0.15, 0.2) is 0 Å². The zero-order valence-corrected chi connectivity index (χ0v) is 7.96. The third-order valence-corrected chi connectivity index (χ3v) is 2.89. The average molecular weight is 176 g/mol. The van der Waals surface area contributed by atoms with Crippen LogP contribution in [0.15, 0.2) is 24.3 Å². The summed E-state index contributed by atoms with van der Waals surface area (Å²) < 4.78 is 0. The van der Waals surface area contributed by atoms with Crippen molar-refractivity contribution >= 4 is 0 Å². The molecule has 0 saturated carbocycles. The lowest BCUT2D eigenvalue weighted by Gasteiger charge is -2.29. The molecule has 1 aromatic carbocycles. The molecule has 2 heteroatoms. The highest BCUT2D eigenvalue weighted by molar-refractivity contribution is 5.34. The van der Waals surface area contributed by atoms with Gasteiger partial charge in [-0.25, -0.2) is 0 Å². The van der Waals surface area contributed by atoms with Gasteiger partial charge in [0.05, 0.1) is 0 Å². The lowest BCUT2D eigenvalue weighted by atomic mass is 9.85. The van der Waals surface area contributed by atoms with Crippen molar-refractivity contribution in [3.63, 3.8) is 0 Å². The molecule has 3 N–H and O–H groups in total. The molecule has 1 aromatic rings. The fourth-order valence-electron chi connectivity index (χ4n) is 2.12. The van der Waals surface area contributed by atoms with E-state index < -0.39 is 0 Å². The summed E-state index contributed by atoms with van der Waals surface area (Å²) in [6.07, 6.45) is 2.23. The van der Waals surface area contributed by atoms with Crippen LogP contribution >= 0.6 is 0 Å². The van der Waals surface area contributed by atoms with Gasteiger partial charge in [-0.05, 0) is 31.0 Å². The highest BCUT2D eigenvalue weighted by atomic mass is 14.9. The van der Waals surface area contributed by atoms with Gasteiger partial charge >= 0.3 is 0 Å². The van der Waals surface area contributed by atoms with Crippen LogP contribution in [0, 0.1) is 0 Å². The van der Waals surface area contributed by atoms with Gasteiger partial charge in [0, 0.05) is 12.1 Å². The van der Waals surface area contributed by atoms with Crippen LogP contribution in [0.25, 0.3) is 0 Å². The van der Waals surface area contributed by atoms with Crippen LogP contribution in [0.3, 0.4) is 0 Å². The van der Waals surface area contributed by atoms with Gasteiger partial charge in [0.2, 0.25) is 0 Å². The van der Waals surface area contributed by atoms with Gasteiger partial charge in [-0.15, -0.1) is 0 Å². The molecule has 0 aromatic heterocycles. The number of rotatable bonds is 1. The van der Waals surface area contributed by atoms with E-state index in [1.807, 2.05) is 7.05 Å². The topological polar surface area (TPSA) is 38.0 Å². The van der Waals surface area contributed by atoms with E-state index in [9.17, 15) is 0 Å². The maximum absolute atomic E-state index is 6.04. The molecule has 0 spiro atoms. The Labute approximate surface area is 79.1 Å². The second-order valence-electron chi connectivity index (χ2n) is 3.65. The second-order valence-corrected chi connectivity index (χ2v) is 3.65. The third-order valence-electron chi connectivity index (χ3n) is 2.89. The van der Waals surface area contributed by atoms with Crippen molar-refractivity contribution in [3.8, 4) is 0 Å². The van der Waals surface area contributed by atoms with E-state index in [1.165, 1.54) is 11.1 Å². The molecular formula is C11H16N2. The van der Waals surface area contributed by atoms with Crippen LogP contribution < -0.4 is 11.1 Å². The molecule has 0 bridgehead atoms. The SMILES string of the molecule is CNC1CCC(N)c2ccccc21. The quantitative estimate of drug-likeness (QED) is 0.684. The van der Waals surface area contributed by atoms with Crippen LogP contribution in [0.2, 0.25) is 0 Å². The number of hydrogen-bond acceptors (Lipinski definition) is 2. The zero-order valence-electron chi connectivity index (χ0n) is 7.96. The Kier molecular flexibility index (Phi) is 2.34. The second kappa shape index (κ2) is 3.48. The molecule has 0 fully saturated rings. The van der Waals surface area contributed by atoms with Gasteiger partial charge in [0.25, 0.3) is 0 Å². The largest absolute Gasteiger partial charge is 0.324 e. The van der Waals surface area contributed by atoms with Crippen molar-refractivity contribution in [3.05, 3.63) is 35.4 Å². The summed E-state index contributed by atoms with van der Waals surface area (Å²) in [6.45, 7) is 0. The first-order valence-electron chi connectivity index (χ1n) is 4.84. The van der Waals surface area contributed by atoms with E-state index in [1.54, 1.807) is 0 Å². The third kappa shape index (κ3) is 1.47. The molecule has 1 aliphatic rings. The fraction of sp³-hybridized carbons (Fsp3) is 0.455. The van der Waals surface area contributed by atoms with Crippen molar-refractivity contribution in [2.75, 3.05) is 7.05 Å². The van der Waals surface area contributed by atoms with Crippen LogP contribution in [-0.4, -0.2) is 7.05 Å². The van der Waals surface area contributed by atoms with Gasteiger partial charge in [-0.1, -0.05) is 24.3 Å². The summed E-state index contributed by atoms with van der Waals surface area (Å²) in [6, 6.07) is 9.20. The molecule has 2 atom stereocenters. The Bertz CT molecular complexity index is 296. The molecule has 0 aliphatic heterocycles. The van der Waals surface area contributed by atoms with E-state index in [4.69, 9.17) is 5.73 Å². The van der Waals surface area contributed by atoms with E-state index in [2.05, 4.69) is 29.6 Å². The smallest absolute Gasteiger partial charge is 0.0321 e. The molecule has 2 nitrogen and oxygen atoms in total. The van der Waals surface area contributed by atoms with E-state index in [0.29, 0.717) is 6.04 Å². The van der Waals surface area contributed by atoms with E-state index in [-0.39, 0.29) is 6.04 Å². The molecule has 0 saturated heterocycles. The van der Waals surface area contributed by atoms with Gasteiger partial charge < -0.3 is 11.1 Å². The summed E-state index contributed by atoms with van der Waals surface area (Å²) in [4.78, 5) is 0. The van der Waals surface area contributed by atoms with Gasteiger partial charge in [0.1, 0.15) is 0 Å². The number of nitrogens with two attached hydrogens (primary N) is 1. The summed E-state index contributed by atoms with van der Waals surface area (Å²) in [5.41, 5.74) is 8.73.